The average molecular weight is 281 g/mol. The van der Waals surface area contributed by atoms with Gasteiger partial charge in [-0.05, 0) is 30.5 Å². The fourth-order valence-corrected chi connectivity index (χ4v) is 2.21. The van der Waals surface area contributed by atoms with E-state index in [2.05, 4.69) is 10.3 Å². The highest BCUT2D eigenvalue weighted by Gasteiger charge is 2.14. The van der Waals surface area contributed by atoms with Crippen molar-refractivity contribution >= 4 is 0 Å². The van der Waals surface area contributed by atoms with E-state index in [1.807, 2.05) is 60.7 Å². The Bertz CT molecular complexity index is 680. The molecular formula is C17H16FN3. The normalized spacial score (nSPS) is 12.2. The maximum atomic E-state index is 14.2. The van der Waals surface area contributed by atoms with Gasteiger partial charge in [0.05, 0.1) is 11.9 Å². The summed E-state index contributed by atoms with van der Waals surface area (Å²) in [6.45, 7) is 0. The first-order valence-corrected chi connectivity index (χ1v) is 6.98. The summed E-state index contributed by atoms with van der Waals surface area (Å²) in [6, 6.07) is 19.5. The zero-order valence-electron chi connectivity index (χ0n) is 11.6. The first-order chi connectivity index (χ1) is 10.3. The van der Waals surface area contributed by atoms with Gasteiger partial charge in [-0.15, -0.1) is 5.10 Å². The molecule has 2 aromatic carbocycles. The van der Waals surface area contributed by atoms with Crippen molar-refractivity contribution in [3.63, 3.8) is 0 Å². The van der Waals surface area contributed by atoms with Crippen molar-refractivity contribution in [2.24, 2.45) is 0 Å². The van der Waals surface area contributed by atoms with E-state index in [1.165, 1.54) is 0 Å². The summed E-state index contributed by atoms with van der Waals surface area (Å²) in [6.07, 6.45) is 1.67. The molecule has 1 aromatic heterocycles. The Morgan fingerprint density at radius 1 is 0.952 bits per heavy atom. The molecule has 0 bridgehead atoms. The Morgan fingerprint density at radius 3 is 2.33 bits per heavy atom. The van der Waals surface area contributed by atoms with E-state index < -0.39 is 6.17 Å². The number of benzene rings is 2. The number of alkyl halides is 1. The number of halogens is 1. The maximum Gasteiger partial charge on any atom is 0.146 e. The van der Waals surface area contributed by atoms with E-state index in [0.29, 0.717) is 18.5 Å². The molecule has 0 saturated heterocycles. The topological polar surface area (TPSA) is 30.7 Å². The van der Waals surface area contributed by atoms with Gasteiger partial charge in [0.2, 0.25) is 0 Å². The molecule has 3 aromatic rings. The van der Waals surface area contributed by atoms with Gasteiger partial charge in [0.1, 0.15) is 11.9 Å². The Hall–Kier alpha value is -2.49. The van der Waals surface area contributed by atoms with Gasteiger partial charge < -0.3 is 0 Å². The molecule has 3 nitrogen and oxygen atoms in total. The SMILES string of the molecule is FC(CCc1ccccc1)c1cn(-c2ccccc2)nn1. The molecule has 0 aliphatic carbocycles. The molecule has 0 fully saturated rings. The summed E-state index contributed by atoms with van der Waals surface area (Å²) >= 11 is 0. The second-order valence-electron chi connectivity index (χ2n) is 4.92. The number of para-hydroxylation sites is 1. The summed E-state index contributed by atoms with van der Waals surface area (Å²) in [7, 11) is 0. The van der Waals surface area contributed by atoms with Crippen molar-refractivity contribution < 1.29 is 4.39 Å². The Balaban J connectivity index is 1.66. The Kier molecular flexibility index (Phi) is 4.05. The van der Waals surface area contributed by atoms with Gasteiger partial charge in [-0.1, -0.05) is 53.7 Å². The lowest BCUT2D eigenvalue weighted by Crippen LogP contribution is -1.95. The molecule has 4 heteroatoms. The molecule has 3 rings (SSSR count). The number of aromatic nitrogens is 3. The van der Waals surface area contributed by atoms with Crippen molar-refractivity contribution in [1.82, 2.24) is 15.0 Å². The predicted octanol–water partition coefficient (Wildman–Crippen LogP) is 3.91. The molecule has 106 valence electrons. The van der Waals surface area contributed by atoms with Crippen LogP contribution in [0, 0.1) is 0 Å². The van der Waals surface area contributed by atoms with Crippen LogP contribution in [0.4, 0.5) is 4.39 Å². The summed E-state index contributed by atoms with van der Waals surface area (Å²) < 4.78 is 15.8. The maximum absolute atomic E-state index is 14.2. The van der Waals surface area contributed by atoms with Gasteiger partial charge in [0, 0.05) is 0 Å². The van der Waals surface area contributed by atoms with Gasteiger partial charge in [-0.25, -0.2) is 9.07 Å². The van der Waals surface area contributed by atoms with Crippen LogP contribution in [0.25, 0.3) is 5.69 Å². The van der Waals surface area contributed by atoms with Gasteiger partial charge in [0.25, 0.3) is 0 Å². The van der Waals surface area contributed by atoms with Crippen LogP contribution >= 0.6 is 0 Å². The van der Waals surface area contributed by atoms with Crippen LogP contribution in [0.1, 0.15) is 23.8 Å². The number of hydrogen-bond acceptors (Lipinski definition) is 2. The smallest absolute Gasteiger partial charge is 0.146 e. The van der Waals surface area contributed by atoms with Crippen LogP contribution in [-0.2, 0) is 6.42 Å². The van der Waals surface area contributed by atoms with Crippen LogP contribution < -0.4 is 0 Å². The lowest BCUT2D eigenvalue weighted by molar-refractivity contribution is 0.316. The first kappa shape index (κ1) is 13.5. The Morgan fingerprint density at radius 2 is 1.62 bits per heavy atom. The van der Waals surface area contributed by atoms with Gasteiger partial charge >= 0.3 is 0 Å². The number of hydrogen-bond donors (Lipinski definition) is 0. The minimum Gasteiger partial charge on any atom is -0.240 e. The van der Waals surface area contributed by atoms with Gasteiger partial charge in [-0.2, -0.15) is 0 Å². The second kappa shape index (κ2) is 6.31. The third kappa shape index (κ3) is 3.34. The van der Waals surface area contributed by atoms with E-state index in [9.17, 15) is 4.39 Å². The molecule has 1 unspecified atom stereocenters. The number of rotatable bonds is 5. The van der Waals surface area contributed by atoms with E-state index in [4.69, 9.17) is 0 Å². The summed E-state index contributed by atoms with van der Waals surface area (Å²) in [5.74, 6) is 0. The summed E-state index contributed by atoms with van der Waals surface area (Å²) in [5, 5.41) is 7.93. The molecular weight excluding hydrogens is 265 g/mol. The van der Waals surface area contributed by atoms with Crippen molar-refractivity contribution in [1.29, 1.82) is 0 Å². The fraction of sp³-hybridized carbons (Fsp3) is 0.176. The van der Waals surface area contributed by atoms with E-state index >= 15 is 0 Å². The molecule has 0 N–H and O–H groups in total. The average Bonchev–Trinajstić information content (AvgIpc) is 3.04. The molecule has 0 amide bonds. The van der Waals surface area contributed by atoms with Crippen LogP contribution in [0.15, 0.2) is 66.9 Å². The van der Waals surface area contributed by atoms with Crippen LogP contribution in [-0.4, -0.2) is 15.0 Å². The summed E-state index contributed by atoms with van der Waals surface area (Å²) in [4.78, 5) is 0. The predicted molar refractivity (Wildman–Crippen MR) is 80.0 cm³/mol. The highest BCUT2D eigenvalue weighted by Crippen LogP contribution is 2.21. The van der Waals surface area contributed by atoms with Gasteiger partial charge in [0.15, 0.2) is 0 Å². The highest BCUT2D eigenvalue weighted by molar-refractivity contribution is 5.30. The fourth-order valence-electron chi connectivity index (χ4n) is 2.21. The molecule has 0 spiro atoms. The van der Waals surface area contributed by atoms with E-state index in [1.54, 1.807) is 10.9 Å². The van der Waals surface area contributed by atoms with E-state index in [0.717, 1.165) is 11.3 Å². The molecule has 0 saturated carbocycles. The highest BCUT2D eigenvalue weighted by atomic mass is 19.1. The number of nitrogens with zero attached hydrogens (tertiary/aromatic N) is 3. The quantitative estimate of drug-likeness (QED) is 0.710. The minimum absolute atomic E-state index is 0.384. The van der Waals surface area contributed by atoms with Crippen LogP contribution in [0.2, 0.25) is 0 Å². The molecule has 0 aliphatic heterocycles. The zero-order valence-corrected chi connectivity index (χ0v) is 11.6. The minimum atomic E-state index is -1.09. The van der Waals surface area contributed by atoms with Crippen LogP contribution in [0.3, 0.4) is 0 Å². The second-order valence-corrected chi connectivity index (χ2v) is 4.92. The van der Waals surface area contributed by atoms with Crippen molar-refractivity contribution in [2.75, 3.05) is 0 Å². The van der Waals surface area contributed by atoms with Crippen molar-refractivity contribution in [3.8, 4) is 5.69 Å². The first-order valence-electron chi connectivity index (χ1n) is 6.98. The third-order valence-corrected chi connectivity index (χ3v) is 3.38. The summed E-state index contributed by atoms with van der Waals surface area (Å²) in [5.41, 5.74) is 2.40. The molecule has 21 heavy (non-hydrogen) atoms. The lowest BCUT2D eigenvalue weighted by Gasteiger charge is -2.04. The molecule has 0 radical (unpaired) electrons. The molecule has 1 atom stereocenters. The Labute approximate surface area is 123 Å². The monoisotopic (exact) mass is 281 g/mol. The van der Waals surface area contributed by atoms with Crippen molar-refractivity contribution in [3.05, 3.63) is 78.1 Å². The number of aryl methyl sites for hydroxylation is 1. The van der Waals surface area contributed by atoms with E-state index in [-0.39, 0.29) is 0 Å². The standard InChI is InChI=1S/C17H16FN3/c18-16(12-11-14-7-3-1-4-8-14)17-13-21(20-19-17)15-9-5-2-6-10-15/h1-10,13,16H,11-12H2. The largest absolute Gasteiger partial charge is 0.240 e. The third-order valence-electron chi connectivity index (χ3n) is 3.38. The van der Waals surface area contributed by atoms with Gasteiger partial charge in [-0.3, -0.25) is 0 Å². The van der Waals surface area contributed by atoms with Crippen LogP contribution in [0.5, 0.6) is 0 Å². The molecule has 1 heterocycles. The van der Waals surface area contributed by atoms with Crippen molar-refractivity contribution in [2.45, 2.75) is 19.0 Å². The molecule has 0 aliphatic rings. The zero-order chi connectivity index (χ0) is 14.5. The lowest BCUT2D eigenvalue weighted by atomic mass is 10.1.